The lowest BCUT2D eigenvalue weighted by Gasteiger charge is -2.14. The molecule has 0 saturated heterocycles. The van der Waals surface area contributed by atoms with E-state index in [-0.39, 0.29) is 6.10 Å². The molecular weight excluding hydrogens is 288 g/mol. The Labute approximate surface area is 119 Å². The van der Waals surface area contributed by atoms with Crippen LogP contribution in [0.5, 0.6) is 0 Å². The molecule has 0 aliphatic heterocycles. The van der Waals surface area contributed by atoms with Gasteiger partial charge in [-0.05, 0) is 49.8 Å². The molecular formula is C16H23BrO. The third-order valence-electron chi connectivity index (χ3n) is 3.23. The van der Waals surface area contributed by atoms with E-state index in [4.69, 9.17) is 0 Å². The van der Waals surface area contributed by atoms with Gasteiger partial charge in [-0.2, -0.15) is 0 Å². The first-order chi connectivity index (χ1) is 8.56. The highest BCUT2D eigenvalue weighted by atomic mass is 79.9. The summed E-state index contributed by atoms with van der Waals surface area (Å²) in [6, 6.07) is 4.15. The van der Waals surface area contributed by atoms with E-state index < -0.39 is 0 Å². The second-order valence-corrected chi connectivity index (χ2v) is 5.70. The van der Waals surface area contributed by atoms with Crippen molar-refractivity contribution < 1.29 is 5.11 Å². The Kier molecular flexibility index (Phi) is 6.66. The van der Waals surface area contributed by atoms with E-state index in [1.54, 1.807) is 0 Å². The molecule has 1 N–H and O–H groups in total. The minimum Gasteiger partial charge on any atom is -0.388 e. The molecule has 0 aliphatic rings. The number of hydrogen-bond acceptors (Lipinski definition) is 1. The van der Waals surface area contributed by atoms with Gasteiger partial charge in [0.2, 0.25) is 0 Å². The number of halogens is 1. The molecule has 1 aromatic carbocycles. The highest BCUT2D eigenvalue weighted by Crippen LogP contribution is 2.27. The standard InChI is InChI=1S/C16H23BrO/c1-4-5-6-7-8-9-15(18)14-10-12(2)16(17)13(3)11-14/h4,10-11,15,18H,1,5-9H2,2-3H3. The third-order valence-corrected chi connectivity index (χ3v) is 4.48. The fraction of sp³-hybridized carbons (Fsp3) is 0.500. The average molecular weight is 311 g/mol. The van der Waals surface area contributed by atoms with Gasteiger partial charge >= 0.3 is 0 Å². The molecule has 0 radical (unpaired) electrons. The molecule has 1 aromatic rings. The second kappa shape index (κ2) is 7.75. The van der Waals surface area contributed by atoms with Crippen molar-refractivity contribution in [2.45, 2.75) is 52.1 Å². The first-order valence-corrected chi connectivity index (χ1v) is 7.41. The quantitative estimate of drug-likeness (QED) is 0.539. The van der Waals surface area contributed by atoms with Gasteiger partial charge in [-0.25, -0.2) is 0 Å². The molecule has 1 nitrogen and oxygen atoms in total. The Morgan fingerprint density at radius 2 is 1.83 bits per heavy atom. The fourth-order valence-electron chi connectivity index (χ4n) is 2.14. The lowest BCUT2D eigenvalue weighted by atomic mass is 9.99. The number of aliphatic hydroxyl groups is 1. The predicted molar refractivity (Wildman–Crippen MR) is 81.9 cm³/mol. The molecule has 1 unspecified atom stereocenters. The summed E-state index contributed by atoms with van der Waals surface area (Å²) in [5, 5.41) is 10.2. The second-order valence-electron chi connectivity index (χ2n) is 4.91. The lowest BCUT2D eigenvalue weighted by Crippen LogP contribution is -1.99. The molecule has 0 fully saturated rings. The zero-order chi connectivity index (χ0) is 13.5. The van der Waals surface area contributed by atoms with Gasteiger partial charge in [-0.1, -0.05) is 47.0 Å². The summed E-state index contributed by atoms with van der Waals surface area (Å²) < 4.78 is 1.14. The number of hydrogen-bond donors (Lipinski definition) is 1. The zero-order valence-corrected chi connectivity index (χ0v) is 13.0. The number of benzene rings is 1. The minimum atomic E-state index is -0.334. The highest BCUT2D eigenvalue weighted by Gasteiger charge is 2.10. The van der Waals surface area contributed by atoms with Crippen LogP contribution in [0, 0.1) is 13.8 Å². The number of aliphatic hydroxyl groups excluding tert-OH is 1. The van der Waals surface area contributed by atoms with E-state index in [2.05, 4.69) is 48.5 Å². The summed E-state index contributed by atoms with van der Waals surface area (Å²) in [7, 11) is 0. The summed E-state index contributed by atoms with van der Waals surface area (Å²) in [6.07, 6.45) is 6.96. The van der Waals surface area contributed by atoms with Crippen LogP contribution in [0.4, 0.5) is 0 Å². The maximum absolute atomic E-state index is 10.2. The van der Waals surface area contributed by atoms with E-state index in [0.717, 1.165) is 35.7 Å². The molecule has 100 valence electrons. The van der Waals surface area contributed by atoms with Crippen molar-refractivity contribution in [3.05, 3.63) is 46.0 Å². The first kappa shape index (κ1) is 15.5. The van der Waals surface area contributed by atoms with Crippen molar-refractivity contribution in [2.24, 2.45) is 0 Å². The molecule has 2 heteroatoms. The van der Waals surface area contributed by atoms with E-state index in [9.17, 15) is 5.11 Å². The molecule has 0 bridgehead atoms. The van der Waals surface area contributed by atoms with E-state index in [0.29, 0.717) is 0 Å². The maximum Gasteiger partial charge on any atom is 0.0790 e. The zero-order valence-electron chi connectivity index (χ0n) is 11.4. The van der Waals surface area contributed by atoms with Gasteiger partial charge in [-0.3, -0.25) is 0 Å². The van der Waals surface area contributed by atoms with Crippen LogP contribution in [0.3, 0.4) is 0 Å². The van der Waals surface area contributed by atoms with Crippen molar-refractivity contribution in [3.63, 3.8) is 0 Å². The number of unbranched alkanes of at least 4 members (excludes halogenated alkanes) is 3. The number of rotatable bonds is 7. The molecule has 0 aliphatic carbocycles. The maximum atomic E-state index is 10.2. The smallest absolute Gasteiger partial charge is 0.0790 e. The molecule has 0 amide bonds. The SMILES string of the molecule is C=CCCCCCC(O)c1cc(C)c(Br)c(C)c1. The Hall–Kier alpha value is -0.600. The van der Waals surface area contributed by atoms with Crippen LogP contribution in [0.25, 0.3) is 0 Å². The molecule has 1 atom stereocenters. The monoisotopic (exact) mass is 310 g/mol. The topological polar surface area (TPSA) is 20.2 Å². The summed E-state index contributed by atoms with van der Waals surface area (Å²) in [5.74, 6) is 0. The van der Waals surface area contributed by atoms with Crippen molar-refractivity contribution in [2.75, 3.05) is 0 Å². The molecule has 0 spiro atoms. The minimum absolute atomic E-state index is 0.334. The molecule has 18 heavy (non-hydrogen) atoms. The Morgan fingerprint density at radius 3 is 2.39 bits per heavy atom. The average Bonchev–Trinajstić information content (AvgIpc) is 2.34. The van der Waals surface area contributed by atoms with Crippen LogP contribution in [-0.4, -0.2) is 5.11 Å². The van der Waals surface area contributed by atoms with Crippen molar-refractivity contribution in [1.82, 2.24) is 0 Å². The Bertz CT molecular complexity index is 375. The number of allylic oxidation sites excluding steroid dienone is 1. The molecule has 1 rings (SSSR count). The largest absolute Gasteiger partial charge is 0.388 e. The molecule has 0 aromatic heterocycles. The van der Waals surface area contributed by atoms with Gasteiger partial charge in [0.05, 0.1) is 6.10 Å². The summed E-state index contributed by atoms with van der Waals surface area (Å²) in [4.78, 5) is 0. The van der Waals surface area contributed by atoms with Crippen molar-refractivity contribution >= 4 is 15.9 Å². The Morgan fingerprint density at radius 1 is 1.22 bits per heavy atom. The van der Waals surface area contributed by atoms with Gasteiger partial charge < -0.3 is 5.11 Å². The summed E-state index contributed by atoms with van der Waals surface area (Å²) in [6.45, 7) is 7.85. The van der Waals surface area contributed by atoms with E-state index >= 15 is 0 Å². The van der Waals surface area contributed by atoms with Gasteiger partial charge in [-0.15, -0.1) is 6.58 Å². The van der Waals surface area contributed by atoms with Crippen LogP contribution in [-0.2, 0) is 0 Å². The third kappa shape index (κ3) is 4.58. The first-order valence-electron chi connectivity index (χ1n) is 6.62. The summed E-state index contributed by atoms with van der Waals surface area (Å²) >= 11 is 3.55. The van der Waals surface area contributed by atoms with Crippen LogP contribution < -0.4 is 0 Å². The highest BCUT2D eigenvalue weighted by molar-refractivity contribution is 9.10. The van der Waals surface area contributed by atoms with Crippen LogP contribution in [0.15, 0.2) is 29.3 Å². The van der Waals surface area contributed by atoms with Gasteiger partial charge in [0.25, 0.3) is 0 Å². The van der Waals surface area contributed by atoms with Crippen LogP contribution in [0.1, 0.15) is 54.9 Å². The number of aryl methyl sites for hydroxylation is 2. The van der Waals surface area contributed by atoms with Crippen LogP contribution >= 0.6 is 15.9 Å². The normalized spacial score (nSPS) is 12.4. The lowest BCUT2D eigenvalue weighted by molar-refractivity contribution is 0.163. The van der Waals surface area contributed by atoms with Crippen molar-refractivity contribution in [3.8, 4) is 0 Å². The fourth-order valence-corrected chi connectivity index (χ4v) is 2.37. The molecule has 0 heterocycles. The Balaban J connectivity index is 2.51. The van der Waals surface area contributed by atoms with E-state index in [1.807, 2.05) is 6.08 Å². The predicted octanol–water partition coefficient (Wildman–Crippen LogP) is 5.24. The van der Waals surface area contributed by atoms with E-state index in [1.165, 1.54) is 17.5 Å². The van der Waals surface area contributed by atoms with Crippen LogP contribution in [0.2, 0.25) is 0 Å². The van der Waals surface area contributed by atoms with Gasteiger partial charge in [0, 0.05) is 4.47 Å². The van der Waals surface area contributed by atoms with Crippen molar-refractivity contribution in [1.29, 1.82) is 0 Å². The van der Waals surface area contributed by atoms with Gasteiger partial charge in [0.1, 0.15) is 0 Å². The summed E-state index contributed by atoms with van der Waals surface area (Å²) in [5.41, 5.74) is 3.42. The van der Waals surface area contributed by atoms with Gasteiger partial charge in [0.15, 0.2) is 0 Å². The molecule has 0 saturated carbocycles.